The third-order valence-corrected chi connectivity index (χ3v) is 5.27. The molecule has 0 radical (unpaired) electrons. The zero-order chi connectivity index (χ0) is 19.7. The van der Waals surface area contributed by atoms with Crippen LogP contribution in [0.3, 0.4) is 0 Å². The van der Waals surface area contributed by atoms with Gasteiger partial charge in [-0.25, -0.2) is 8.78 Å². The van der Waals surface area contributed by atoms with Crippen LogP contribution < -0.4 is 15.5 Å². The molecule has 2 aliphatic heterocycles. The number of halogens is 2. The van der Waals surface area contributed by atoms with Crippen LogP contribution >= 0.6 is 0 Å². The number of nitrogens with zero attached hydrogens (tertiary/aromatic N) is 2. The number of carbonyl (C=O) groups is 1. The fourth-order valence-electron chi connectivity index (χ4n) is 3.66. The van der Waals surface area contributed by atoms with Gasteiger partial charge in [0.15, 0.2) is 0 Å². The fraction of sp³-hybridized carbons (Fsp3) is 0.286. The molecule has 1 amide bonds. The average molecular weight is 384 g/mol. The molecule has 0 bridgehead atoms. The molecule has 2 heterocycles. The highest BCUT2D eigenvalue weighted by Crippen LogP contribution is 2.34. The molecule has 1 fully saturated rings. The lowest BCUT2D eigenvalue weighted by atomic mass is 10.1. The van der Waals surface area contributed by atoms with Crippen LogP contribution in [0.1, 0.15) is 12.5 Å². The Morgan fingerprint density at radius 1 is 1.11 bits per heavy atom. The molecule has 28 heavy (non-hydrogen) atoms. The summed E-state index contributed by atoms with van der Waals surface area (Å²) in [6.07, 6.45) is 1.42. The summed E-state index contributed by atoms with van der Waals surface area (Å²) in [6.45, 7) is 6.55. The number of nitrogens with one attached hydrogen (secondary N) is 2. The van der Waals surface area contributed by atoms with Crippen LogP contribution in [0.5, 0.6) is 0 Å². The molecule has 7 heteroatoms. The Bertz CT molecular complexity index is 936. The Labute approximate surface area is 162 Å². The Morgan fingerprint density at radius 3 is 2.61 bits per heavy atom. The number of fused-ring (bicyclic) bond motifs is 1. The highest BCUT2D eigenvalue weighted by molar-refractivity contribution is 6.31. The Balaban J connectivity index is 1.51. The normalized spacial score (nSPS) is 18.3. The van der Waals surface area contributed by atoms with E-state index in [0.717, 1.165) is 32.7 Å². The maximum absolute atomic E-state index is 14.6. The van der Waals surface area contributed by atoms with Crippen LogP contribution in [-0.4, -0.2) is 43.5 Å². The van der Waals surface area contributed by atoms with Gasteiger partial charge in [-0.05, 0) is 36.9 Å². The number of anilines is 3. The molecule has 2 aliphatic rings. The van der Waals surface area contributed by atoms with Crippen LogP contribution in [0.4, 0.5) is 25.8 Å². The lowest BCUT2D eigenvalue weighted by Gasteiger charge is -2.35. The van der Waals surface area contributed by atoms with Crippen LogP contribution in [-0.2, 0) is 4.79 Å². The van der Waals surface area contributed by atoms with Gasteiger partial charge in [-0.2, -0.15) is 0 Å². The molecule has 2 N–H and O–H groups in total. The van der Waals surface area contributed by atoms with E-state index in [2.05, 4.69) is 22.5 Å². The van der Waals surface area contributed by atoms with Crippen molar-refractivity contribution < 1.29 is 13.6 Å². The van der Waals surface area contributed by atoms with E-state index in [1.54, 1.807) is 24.3 Å². The standard InChI is InChI=1S/C21H22F2N4O/c1-2-26-8-10-27(11-9-26)19-7-6-14(12-17(19)23)24-13-15-20-16(22)4-3-5-18(20)25-21(15)28/h3-7,12-13,24H,2,8-11H2,1H3,(H,25,28)/b15-13+. The first-order valence-electron chi connectivity index (χ1n) is 9.40. The van der Waals surface area contributed by atoms with E-state index >= 15 is 0 Å². The van der Waals surface area contributed by atoms with Crippen molar-refractivity contribution >= 4 is 28.5 Å². The number of hydrogen-bond acceptors (Lipinski definition) is 4. The quantitative estimate of drug-likeness (QED) is 0.792. The first-order chi connectivity index (χ1) is 13.6. The van der Waals surface area contributed by atoms with Gasteiger partial charge < -0.3 is 20.4 Å². The lowest BCUT2D eigenvalue weighted by molar-refractivity contribution is -0.110. The van der Waals surface area contributed by atoms with Gasteiger partial charge in [-0.1, -0.05) is 13.0 Å². The van der Waals surface area contributed by atoms with E-state index in [1.165, 1.54) is 18.3 Å². The van der Waals surface area contributed by atoms with Crippen molar-refractivity contribution in [2.45, 2.75) is 6.92 Å². The Kier molecular flexibility index (Phi) is 5.00. The molecular weight excluding hydrogens is 362 g/mol. The molecule has 146 valence electrons. The van der Waals surface area contributed by atoms with Crippen molar-refractivity contribution in [3.63, 3.8) is 0 Å². The van der Waals surface area contributed by atoms with E-state index in [-0.39, 0.29) is 17.0 Å². The number of benzene rings is 2. The van der Waals surface area contributed by atoms with E-state index in [4.69, 9.17) is 0 Å². The number of hydrogen-bond donors (Lipinski definition) is 2. The van der Waals surface area contributed by atoms with Crippen molar-refractivity contribution in [2.24, 2.45) is 0 Å². The first kappa shape index (κ1) is 18.4. The number of carbonyl (C=O) groups excluding carboxylic acids is 1. The summed E-state index contributed by atoms with van der Waals surface area (Å²) in [5.41, 5.74) is 1.92. The van der Waals surface area contributed by atoms with E-state index in [1.807, 2.05) is 4.90 Å². The highest BCUT2D eigenvalue weighted by Gasteiger charge is 2.27. The summed E-state index contributed by atoms with van der Waals surface area (Å²) in [4.78, 5) is 16.5. The van der Waals surface area contributed by atoms with Crippen molar-refractivity contribution in [2.75, 3.05) is 48.3 Å². The van der Waals surface area contributed by atoms with Crippen molar-refractivity contribution in [1.82, 2.24) is 4.90 Å². The fourth-order valence-corrected chi connectivity index (χ4v) is 3.66. The molecule has 0 aliphatic carbocycles. The first-order valence-corrected chi connectivity index (χ1v) is 9.40. The van der Waals surface area contributed by atoms with Gasteiger partial charge in [0.2, 0.25) is 0 Å². The maximum atomic E-state index is 14.6. The molecule has 0 atom stereocenters. The molecule has 0 saturated carbocycles. The van der Waals surface area contributed by atoms with Crippen molar-refractivity contribution in [1.29, 1.82) is 0 Å². The molecular formula is C21H22F2N4O. The molecule has 0 aromatic heterocycles. The average Bonchev–Trinajstić information content (AvgIpc) is 3.03. The summed E-state index contributed by atoms with van der Waals surface area (Å²) in [6, 6.07) is 9.38. The SMILES string of the molecule is CCN1CCN(c2ccc(N/C=C3/C(=O)Nc4cccc(F)c43)cc2F)CC1. The van der Waals surface area contributed by atoms with Crippen LogP contribution in [0, 0.1) is 11.6 Å². The predicted octanol–water partition coefficient (Wildman–Crippen LogP) is 3.51. The Hall–Kier alpha value is -2.93. The minimum Gasteiger partial charge on any atom is -0.367 e. The van der Waals surface area contributed by atoms with Gasteiger partial charge in [0.05, 0.1) is 16.9 Å². The van der Waals surface area contributed by atoms with Gasteiger partial charge in [0.25, 0.3) is 5.91 Å². The molecule has 4 rings (SSSR count). The smallest absolute Gasteiger partial charge is 0.257 e. The minimum atomic E-state index is -0.475. The Morgan fingerprint density at radius 2 is 1.89 bits per heavy atom. The molecule has 2 aromatic carbocycles. The monoisotopic (exact) mass is 384 g/mol. The summed E-state index contributed by atoms with van der Waals surface area (Å²) < 4.78 is 28.7. The molecule has 5 nitrogen and oxygen atoms in total. The molecule has 1 saturated heterocycles. The lowest BCUT2D eigenvalue weighted by Crippen LogP contribution is -2.46. The summed E-state index contributed by atoms with van der Waals surface area (Å²) in [7, 11) is 0. The summed E-state index contributed by atoms with van der Waals surface area (Å²) >= 11 is 0. The second-order valence-electron chi connectivity index (χ2n) is 6.91. The number of amides is 1. The van der Waals surface area contributed by atoms with Gasteiger partial charge in [-0.3, -0.25) is 4.79 Å². The van der Waals surface area contributed by atoms with Crippen LogP contribution in [0.15, 0.2) is 42.6 Å². The number of piperazine rings is 1. The number of likely N-dealkylation sites (N-methyl/N-ethyl adjacent to an activating group) is 1. The second kappa shape index (κ2) is 7.59. The largest absolute Gasteiger partial charge is 0.367 e. The third kappa shape index (κ3) is 3.45. The van der Waals surface area contributed by atoms with Gasteiger partial charge in [0.1, 0.15) is 11.6 Å². The van der Waals surface area contributed by atoms with Gasteiger partial charge in [-0.15, -0.1) is 0 Å². The van der Waals surface area contributed by atoms with Crippen LogP contribution in [0.2, 0.25) is 0 Å². The zero-order valence-electron chi connectivity index (χ0n) is 15.6. The number of rotatable bonds is 4. The zero-order valence-corrected chi connectivity index (χ0v) is 15.6. The molecule has 0 spiro atoms. The molecule has 2 aromatic rings. The highest BCUT2D eigenvalue weighted by atomic mass is 19.1. The summed E-state index contributed by atoms with van der Waals surface area (Å²) in [5, 5.41) is 5.54. The van der Waals surface area contributed by atoms with Gasteiger partial charge >= 0.3 is 0 Å². The topological polar surface area (TPSA) is 47.6 Å². The van der Waals surface area contributed by atoms with Crippen molar-refractivity contribution in [3.8, 4) is 0 Å². The predicted molar refractivity (Wildman–Crippen MR) is 107 cm³/mol. The summed E-state index contributed by atoms with van der Waals surface area (Å²) in [5.74, 6) is -1.19. The minimum absolute atomic E-state index is 0.188. The van der Waals surface area contributed by atoms with E-state index in [9.17, 15) is 13.6 Å². The second-order valence-corrected chi connectivity index (χ2v) is 6.91. The van der Waals surface area contributed by atoms with Crippen molar-refractivity contribution in [3.05, 3.63) is 59.8 Å². The van der Waals surface area contributed by atoms with E-state index in [0.29, 0.717) is 17.1 Å². The third-order valence-electron chi connectivity index (χ3n) is 5.27. The van der Waals surface area contributed by atoms with E-state index < -0.39 is 11.7 Å². The maximum Gasteiger partial charge on any atom is 0.257 e. The van der Waals surface area contributed by atoms with Crippen LogP contribution in [0.25, 0.3) is 5.57 Å². The molecule has 0 unspecified atom stereocenters. The van der Waals surface area contributed by atoms with Gasteiger partial charge in [0, 0.05) is 43.6 Å².